The summed E-state index contributed by atoms with van der Waals surface area (Å²) in [5, 5.41) is 9.85. The van der Waals surface area contributed by atoms with E-state index in [1.807, 2.05) is 0 Å². The van der Waals surface area contributed by atoms with Crippen molar-refractivity contribution in [2.75, 3.05) is 6.61 Å². The molecule has 1 aliphatic carbocycles. The van der Waals surface area contributed by atoms with Gasteiger partial charge in [0.2, 0.25) is 0 Å². The minimum Gasteiger partial charge on any atom is -0.395 e. The van der Waals surface area contributed by atoms with Gasteiger partial charge in [-0.2, -0.15) is 0 Å². The molecule has 2 rings (SSSR count). The lowest BCUT2D eigenvalue weighted by atomic mass is 9.89. The molecule has 0 bridgehead atoms. The quantitative estimate of drug-likeness (QED) is 0.825. The highest BCUT2D eigenvalue weighted by Gasteiger charge is 2.61. The van der Waals surface area contributed by atoms with Gasteiger partial charge in [-0.15, -0.1) is 0 Å². The third-order valence-electron chi connectivity index (χ3n) is 3.60. The van der Waals surface area contributed by atoms with Gasteiger partial charge in [-0.3, -0.25) is 0 Å². The number of hydrogen-bond acceptors (Lipinski definition) is 1. The Hall–Kier alpha value is -0.600. The maximum absolute atomic E-state index is 13.2. The molecule has 1 saturated carbocycles. The Morgan fingerprint density at radius 2 is 2.00 bits per heavy atom. The zero-order valence-electron chi connectivity index (χ0n) is 8.85. The van der Waals surface area contributed by atoms with Crippen molar-refractivity contribution in [3.05, 3.63) is 34.6 Å². The monoisotopic (exact) mass is 228 g/mol. The summed E-state index contributed by atoms with van der Waals surface area (Å²) in [6.07, 6.45) is 0.871. The topological polar surface area (TPSA) is 20.2 Å². The number of halogens is 2. The summed E-state index contributed by atoms with van der Waals surface area (Å²) in [7, 11) is 0. The van der Waals surface area contributed by atoms with Crippen molar-refractivity contribution in [1.82, 2.24) is 0 Å². The van der Waals surface area contributed by atoms with Crippen molar-refractivity contribution in [2.45, 2.75) is 25.7 Å². The van der Waals surface area contributed by atoms with E-state index in [1.54, 1.807) is 6.07 Å². The fourth-order valence-electron chi connectivity index (χ4n) is 2.39. The second-order valence-corrected chi connectivity index (χ2v) is 5.40. The van der Waals surface area contributed by atoms with E-state index in [1.165, 1.54) is 12.1 Å². The molecule has 1 aromatic rings. The number of aliphatic hydroxyl groups is 1. The van der Waals surface area contributed by atoms with Crippen LogP contribution in [0, 0.1) is 11.2 Å². The van der Waals surface area contributed by atoms with Crippen molar-refractivity contribution < 1.29 is 9.50 Å². The molecule has 82 valence electrons. The lowest BCUT2D eigenvalue weighted by Gasteiger charge is -2.18. The number of rotatable bonds is 2. The normalized spacial score (nSPS) is 27.8. The molecule has 1 atom stereocenters. The van der Waals surface area contributed by atoms with Gasteiger partial charge in [-0.05, 0) is 35.6 Å². The molecule has 3 heteroatoms. The van der Waals surface area contributed by atoms with E-state index in [4.69, 9.17) is 11.6 Å². The highest BCUT2D eigenvalue weighted by atomic mass is 35.5. The summed E-state index contributed by atoms with van der Waals surface area (Å²) in [5.41, 5.74) is 0.525. The van der Waals surface area contributed by atoms with Gasteiger partial charge in [0.1, 0.15) is 5.82 Å². The second-order valence-electron chi connectivity index (χ2n) is 4.96. The Bertz CT molecular complexity index is 382. The second kappa shape index (κ2) is 3.19. The molecular weight excluding hydrogens is 215 g/mol. The van der Waals surface area contributed by atoms with Crippen molar-refractivity contribution in [3.8, 4) is 0 Å². The van der Waals surface area contributed by atoms with Crippen LogP contribution in [0.3, 0.4) is 0 Å². The van der Waals surface area contributed by atoms with Crippen LogP contribution in [0.2, 0.25) is 5.02 Å². The molecule has 15 heavy (non-hydrogen) atoms. The molecule has 1 N–H and O–H groups in total. The van der Waals surface area contributed by atoms with E-state index in [0.717, 1.165) is 12.0 Å². The summed E-state index contributed by atoms with van der Waals surface area (Å²) in [4.78, 5) is 0. The molecule has 1 nitrogen and oxygen atoms in total. The fourth-order valence-corrected chi connectivity index (χ4v) is 2.62. The zero-order chi connectivity index (χ0) is 11.3. The van der Waals surface area contributed by atoms with Gasteiger partial charge in [0, 0.05) is 10.4 Å². The third-order valence-corrected chi connectivity index (χ3v) is 3.82. The van der Waals surface area contributed by atoms with Gasteiger partial charge >= 0.3 is 0 Å². The number of benzene rings is 1. The Balaban J connectivity index is 2.46. The minimum absolute atomic E-state index is 0.0267. The molecule has 0 heterocycles. The van der Waals surface area contributed by atoms with Crippen LogP contribution in [-0.2, 0) is 5.41 Å². The smallest absolute Gasteiger partial charge is 0.124 e. The van der Waals surface area contributed by atoms with E-state index >= 15 is 0 Å². The van der Waals surface area contributed by atoms with Crippen molar-refractivity contribution in [2.24, 2.45) is 5.41 Å². The van der Waals surface area contributed by atoms with Gasteiger partial charge < -0.3 is 5.11 Å². The largest absolute Gasteiger partial charge is 0.395 e. The molecule has 0 radical (unpaired) electrons. The first-order valence-corrected chi connectivity index (χ1v) is 5.36. The standard InChI is InChI=1S/C12H14ClFO/c1-11(2)6-12(11,7-15)8-3-9(13)5-10(14)4-8/h3-5,15H,6-7H2,1-2H3. The van der Waals surface area contributed by atoms with Gasteiger partial charge in [0.25, 0.3) is 0 Å². The Morgan fingerprint density at radius 3 is 2.40 bits per heavy atom. The van der Waals surface area contributed by atoms with Crippen LogP contribution in [0.25, 0.3) is 0 Å². The highest BCUT2D eigenvalue weighted by molar-refractivity contribution is 6.30. The van der Waals surface area contributed by atoms with Crippen LogP contribution < -0.4 is 0 Å². The average Bonchev–Trinajstić information content (AvgIpc) is 2.68. The maximum Gasteiger partial charge on any atom is 0.124 e. The fraction of sp³-hybridized carbons (Fsp3) is 0.500. The third kappa shape index (κ3) is 1.56. The van der Waals surface area contributed by atoms with E-state index in [2.05, 4.69) is 13.8 Å². The van der Waals surface area contributed by atoms with Gasteiger partial charge in [-0.25, -0.2) is 4.39 Å². The Kier molecular flexibility index (Phi) is 2.32. The Labute approximate surface area is 93.9 Å². The van der Waals surface area contributed by atoms with Crippen LogP contribution >= 0.6 is 11.6 Å². The summed E-state index contributed by atoms with van der Waals surface area (Å²) < 4.78 is 13.2. The SMILES string of the molecule is CC1(C)CC1(CO)c1cc(F)cc(Cl)c1. The first-order valence-electron chi connectivity index (χ1n) is 4.99. The van der Waals surface area contributed by atoms with Gasteiger partial charge in [0.05, 0.1) is 6.61 Å². The van der Waals surface area contributed by atoms with Crippen molar-refractivity contribution in [1.29, 1.82) is 0 Å². The van der Waals surface area contributed by atoms with Crippen LogP contribution in [0.1, 0.15) is 25.8 Å². The minimum atomic E-state index is -0.340. The molecule has 1 unspecified atom stereocenters. The van der Waals surface area contributed by atoms with Crippen molar-refractivity contribution in [3.63, 3.8) is 0 Å². The first kappa shape index (κ1) is 10.9. The molecule has 1 fully saturated rings. The molecular formula is C12H14ClFO. The predicted molar refractivity (Wildman–Crippen MR) is 58.6 cm³/mol. The lowest BCUT2D eigenvalue weighted by Crippen LogP contribution is -2.19. The average molecular weight is 229 g/mol. The molecule has 1 aliphatic rings. The van der Waals surface area contributed by atoms with Crippen LogP contribution in [0.5, 0.6) is 0 Å². The van der Waals surface area contributed by atoms with Gasteiger partial charge in [-0.1, -0.05) is 25.4 Å². The van der Waals surface area contributed by atoms with Crippen molar-refractivity contribution >= 4 is 11.6 Å². The number of aliphatic hydroxyl groups excluding tert-OH is 1. The number of hydrogen-bond donors (Lipinski definition) is 1. The summed E-state index contributed by atoms with van der Waals surface area (Å²) in [6.45, 7) is 4.18. The van der Waals surface area contributed by atoms with E-state index in [0.29, 0.717) is 5.02 Å². The Morgan fingerprint density at radius 1 is 1.40 bits per heavy atom. The molecule has 0 spiro atoms. The maximum atomic E-state index is 13.2. The highest BCUT2D eigenvalue weighted by Crippen LogP contribution is 2.64. The summed E-state index contributed by atoms with van der Waals surface area (Å²) >= 11 is 5.81. The predicted octanol–water partition coefficient (Wildman–Crippen LogP) is 3.14. The van der Waals surface area contributed by atoms with E-state index in [-0.39, 0.29) is 23.3 Å². The summed E-state index contributed by atoms with van der Waals surface area (Å²) in [5.74, 6) is -0.340. The molecule has 0 saturated heterocycles. The molecule has 0 aliphatic heterocycles. The van der Waals surface area contributed by atoms with Crippen LogP contribution in [0.15, 0.2) is 18.2 Å². The summed E-state index contributed by atoms with van der Waals surface area (Å²) in [6, 6.07) is 4.50. The zero-order valence-corrected chi connectivity index (χ0v) is 9.61. The molecule has 1 aromatic carbocycles. The first-order chi connectivity index (χ1) is 6.91. The molecule has 0 aromatic heterocycles. The lowest BCUT2D eigenvalue weighted by molar-refractivity contribution is 0.231. The van der Waals surface area contributed by atoms with Crippen LogP contribution in [-0.4, -0.2) is 11.7 Å². The van der Waals surface area contributed by atoms with E-state index in [9.17, 15) is 9.50 Å². The van der Waals surface area contributed by atoms with E-state index < -0.39 is 0 Å². The van der Waals surface area contributed by atoms with Gasteiger partial charge in [0.15, 0.2) is 0 Å². The van der Waals surface area contributed by atoms with Crippen LogP contribution in [0.4, 0.5) is 4.39 Å². The molecule has 0 amide bonds.